The molecule has 0 radical (unpaired) electrons. The molecule has 1 aromatic carbocycles. The van der Waals surface area contributed by atoms with Crippen LogP contribution in [0.25, 0.3) is 0 Å². The van der Waals surface area contributed by atoms with Gasteiger partial charge in [0.25, 0.3) is 0 Å². The maximum atomic E-state index is 11.6. The van der Waals surface area contributed by atoms with Crippen molar-refractivity contribution in [3.8, 4) is 0 Å². The fourth-order valence-corrected chi connectivity index (χ4v) is 1.31. The van der Waals surface area contributed by atoms with Gasteiger partial charge in [-0.2, -0.15) is 5.10 Å². The van der Waals surface area contributed by atoms with Crippen molar-refractivity contribution < 1.29 is 9.53 Å². The van der Waals surface area contributed by atoms with Crippen molar-refractivity contribution in [3.05, 3.63) is 35.9 Å². The highest BCUT2D eigenvalue weighted by molar-refractivity contribution is 6.43. The molecule has 0 bridgehead atoms. The molecule has 0 aliphatic heterocycles. The van der Waals surface area contributed by atoms with Gasteiger partial charge in [0.2, 0.25) is 0 Å². The molecule has 0 fully saturated rings. The number of unbranched alkanes of at least 4 members (excludes halogenated alkanes) is 1. The zero-order valence-corrected chi connectivity index (χ0v) is 10.3. The van der Waals surface area contributed by atoms with Gasteiger partial charge in [0, 0.05) is 12.1 Å². The number of benzene rings is 1. The molecule has 1 N–H and O–H groups in total. The molecular formula is C13H18N2O2. The fraction of sp³-hybridized carbons (Fsp3) is 0.385. The van der Waals surface area contributed by atoms with Gasteiger partial charge in [-0.25, -0.2) is 4.79 Å². The standard InChI is InChI=1S/C13H18N2O2/c1-3-4-10-14-15-12(13(16)17-2)11-8-6-5-7-9-11/h5-9,14H,3-4,10H2,1-2H3/b15-12-. The number of nitrogens with one attached hydrogen (secondary N) is 1. The number of esters is 1. The maximum Gasteiger partial charge on any atom is 0.359 e. The summed E-state index contributed by atoms with van der Waals surface area (Å²) in [5.41, 5.74) is 3.95. The highest BCUT2D eigenvalue weighted by Crippen LogP contribution is 2.02. The van der Waals surface area contributed by atoms with E-state index in [9.17, 15) is 4.79 Å². The monoisotopic (exact) mass is 234 g/mol. The number of carbonyl (C=O) groups is 1. The number of carbonyl (C=O) groups excluding carboxylic acids is 1. The summed E-state index contributed by atoms with van der Waals surface area (Å²) in [7, 11) is 1.35. The number of rotatable bonds is 6. The second kappa shape index (κ2) is 7.44. The number of nitrogens with zero attached hydrogens (tertiary/aromatic N) is 1. The molecule has 17 heavy (non-hydrogen) atoms. The molecule has 92 valence electrons. The smallest absolute Gasteiger partial charge is 0.359 e. The number of hydrazone groups is 1. The van der Waals surface area contributed by atoms with Crippen LogP contribution in [0.15, 0.2) is 35.4 Å². The lowest BCUT2D eigenvalue weighted by atomic mass is 10.1. The third kappa shape index (κ3) is 4.26. The molecule has 0 aliphatic rings. The normalized spacial score (nSPS) is 11.1. The van der Waals surface area contributed by atoms with Crippen LogP contribution in [0, 0.1) is 0 Å². The van der Waals surface area contributed by atoms with E-state index in [1.54, 1.807) is 0 Å². The molecule has 0 heterocycles. The Labute approximate surface area is 102 Å². The van der Waals surface area contributed by atoms with Crippen LogP contribution in [0.5, 0.6) is 0 Å². The lowest BCUT2D eigenvalue weighted by Crippen LogP contribution is -2.21. The zero-order valence-electron chi connectivity index (χ0n) is 10.3. The molecular weight excluding hydrogens is 216 g/mol. The lowest BCUT2D eigenvalue weighted by molar-refractivity contribution is -0.132. The first kappa shape index (κ1) is 13.2. The van der Waals surface area contributed by atoms with Gasteiger partial charge in [-0.05, 0) is 6.42 Å². The Kier molecular flexibility index (Phi) is 5.79. The van der Waals surface area contributed by atoms with Gasteiger partial charge in [0.1, 0.15) is 0 Å². The van der Waals surface area contributed by atoms with Crippen molar-refractivity contribution in [3.63, 3.8) is 0 Å². The van der Waals surface area contributed by atoms with E-state index < -0.39 is 5.97 Å². The maximum absolute atomic E-state index is 11.6. The summed E-state index contributed by atoms with van der Waals surface area (Å²) in [5.74, 6) is -0.430. The fourth-order valence-electron chi connectivity index (χ4n) is 1.31. The van der Waals surface area contributed by atoms with Crippen LogP contribution in [0.4, 0.5) is 0 Å². The number of hydrogen-bond donors (Lipinski definition) is 1. The summed E-state index contributed by atoms with van der Waals surface area (Å²) in [6.45, 7) is 2.85. The summed E-state index contributed by atoms with van der Waals surface area (Å²) in [4.78, 5) is 11.6. The molecule has 4 nitrogen and oxygen atoms in total. The van der Waals surface area contributed by atoms with Gasteiger partial charge in [-0.3, -0.25) is 0 Å². The van der Waals surface area contributed by atoms with Crippen molar-refractivity contribution in [1.29, 1.82) is 0 Å². The Hall–Kier alpha value is -1.84. The molecule has 0 spiro atoms. The summed E-state index contributed by atoms with van der Waals surface area (Å²) >= 11 is 0. The van der Waals surface area contributed by atoms with E-state index in [1.165, 1.54) is 7.11 Å². The van der Waals surface area contributed by atoms with Crippen molar-refractivity contribution in [2.24, 2.45) is 5.10 Å². The van der Waals surface area contributed by atoms with Crippen LogP contribution in [-0.2, 0) is 9.53 Å². The summed E-state index contributed by atoms with van der Waals surface area (Å²) in [5, 5.41) is 4.09. The van der Waals surface area contributed by atoms with Crippen LogP contribution in [0.1, 0.15) is 25.3 Å². The quantitative estimate of drug-likeness (QED) is 0.354. The van der Waals surface area contributed by atoms with Crippen molar-refractivity contribution >= 4 is 11.7 Å². The molecule has 0 aliphatic carbocycles. The SMILES string of the molecule is CCCCN/N=C(\C(=O)OC)c1ccccc1. The number of ether oxygens (including phenoxy) is 1. The van der Waals surface area contributed by atoms with Gasteiger partial charge in [0.15, 0.2) is 5.71 Å². The summed E-state index contributed by atoms with van der Waals surface area (Å²) < 4.78 is 4.71. The molecule has 0 saturated heterocycles. The Morgan fingerprint density at radius 2 is 2.06 bits per heavy atom. The highest BCUT2D eigenvalue weighted by atomic mass is 16.5. The predicted octanol–water partition coefficient (Wildman–Crippen LogP) is 1.95. The van der Waals surface area contributed by atoms with E-state index in [4.69, 9.17) is 4.74 Å². The third-order valence-corrected chi connectivity index (χ3v) is 2.26. The number of hydrogen-bond acceptors (Lipinski definition) is 4. The van der Waals surface area contributed by atoms with Crippen molar-refractivity contribution in [2.45, 2.75) is 19.8 Å². The second-order valence-corrected chi connectivity index (χ2v) is 3.58. The van der Waals surface area contributed by atoms with Gasteiger partial charge >= 0.3 is 5.97 Å². The molecule has 4 heteroatoms. The molecule has 0 saturated carbocycles. The summed E-state index contributed by atoms with van der Waals surface area (Å²) in [6, 6.07) is 9.27. The minimum Gasteiger partial charge on any atom is -0.464 e. The topological polar surface area (TPSA) is 50.7 Å². The Balaban J connectivity index is 2.78. The van der Waals surface area contributed by atoms with Crippen LogP contribution in [0.3, 0.4) is 0 Å². The lowest BCUT2D eigenvalue weighted by Gasteiger charge is -2.05. The molecule has 1 aromatic rings. The summed E-state index contributed by atoms with van der Waals surface area (Å²) in [6.07, 6.45) is 2.11. The van der Waals surface area contributed by atoms with E-state index >= 15 is 0 Å². The highest BCUT2D eigenvalue weighted by Gasteiger charge is 2.13. The first-order valence-corrected chi connectivity index (χ1v) is 5.74. The van der Waals surface area contributed by atoms with Gasteiger partial charge in [0.05, 0.1) is 7.11 Å². The third-order valence-electron chi connectivity index (χ3n) is 2.26. The minimum absolute atomic E-state index is 0.309. The van der Waals surface area contributed by atoms with E-state index in [0.29, 0.717) is 5.71 Å². The Morgan fingerprint density at radius 3 is 2.65 bits per heavy atom. The average molecular weight is 234 g/mol. The first-order chi connectivity index (χ1) is 8.29. The van der Waals surface area contributed by atoms with E-state index in [2.05, 4.69) is 17.5 Å². The molecule has 0 aromatic heterocycles. The van der Waals surface area contributed by atoms with Crippen LogP contribution < -0.4 is 5.43 Å². The van der Waals surface area contributed by atoms with Gasteiger partial charge in [-0.15, -0.1) is 0 Å². The van der Waals surface area contributed by atoms with E-state index in [0.717, 1.165) is 24.9 Å². The minimum atomic E-state index is -0.430. The van der Waals surface area contributed by atoms with Crippen LogP contribution >= 0.6 is 0 Å². The molecule has 0 atom stereocenters. The first-order valence-electron chi connectivity index (χ1n) is 5.74. The molecule has 1 rings (SSSR count). The predicted molar refractivity (Wildman–Crippen MR) is 67.9 cm³/mol. The molecule has 0 unspecified atom stereocenters. The van der Waals surface area contributed by atoms with Gasteiger partial charge < -0.3 is 10.2 Å². The Morgan fingerprint density at radius 1 is 1.35 bits per heavy atom. The average Bonchev–Trinajstić information content (AvgIpc) is 2.39. The largest absolute Gasteiger partial charge is 0.464 e. The zero-order chi connectivity index (χ0) is 12.5. The number of methoxy groups -OCH3 is 1. The van der Waals surface area contributed by atoms with Crippen LogP contribution in [-0.4, -0.2) is 25.3 Å². The van der Waals surface area contributed by atoms with E-state index in [1.807, 2.05) is 30.3 Å². The Bertz CT molecular complexity index is 374. The van der Waals surface area contributed by atoms with E-state index in [-0.39, 0.29) is 0 Å². The van der Waals surface area contributed by atoms with Crippen LogP contribution in [0.2, 0.25) is 0 Å². The molecule has 0 amide bonds. The van der Waals surface area contributed by atoms with Gasteiger partial charge in [-0.1, -0.05) is 43.7 Å². The van der Waals surface area contributed by atoms with Crippen molar-refractivity contribution in [1.82, 2.24) is 5.43 Å². The van der Waals surface area contributed by atoms with Crippen molar-refractivity contribution in [2.75, 3.05) is 13.7 Å². The second-order valence-electron chi connectivity index (χ2n) is 3.58.